The number of rotatable bonds is 4. The van der Waals surface area contributed by atoms with Crippen molar-refractivity contribution >= 4 is 17.3 Å². The molecule has 104 valence electrons. The Morgan fingerprint density at radius 1 is 1.25 bits per heavy atom. The highest BCUT2D eigenvalue weighted by molar-refractivity contribution is 6.06. The molecule has 2 aromatic rings. The Morgan fingerprint density at radius 3 is 2.55 bits per heavy atom. The maximum atomic E-state index is 12.7. The van der Waals surface area contributed by atoms with Crippen molar-refractivity contribution in [2.75, 3.05) is 17.2 Å². The van der Waals surface area contributed by atoms with Crippen LogP contribution in [0, 0.1) is 6.92 Å². The molecule has 0 saturated carbocycles. The highest BCUT2D eigenvalue weighted by Crippen LogP contribution is 2.20. The van der Waals surface area contributed by atoms with E-state index in [1.54, 1.807) is 29.3 Å². The number of nitrogen functional groups attached to an aromatic ring is 1. The van der Waals surface area contributed by atoms with Gasteiger partial charge in [-0.2, -0.15) is 0 Å². The van der Waals surface area contributed by atoms with Gasteiger partial charge in [-0.25, -0.2) is 0 Å². The fourth-order valence-corrected chi connectivity index (χ4v) is 2.08. The molecular weight excluding hydrogens is 250 g/mol. The highest BCUT2D eigenvalue weighted by atomic mass is 16.2. The Hall–Kier alpha value is -2.36. The van der Waals surface area contributed by atoms with Crippen molar-refractivity contribution in [3.8, 4) is 0 Å². The molecule has 0 radical (unpaired) electrons. The fraction of sp³-hybridized carbons (Fsp3) is 0.250. The van der Waals surface area contributed by atoms with Crippen molar-refractivity contribution in [1.29, 1.82) is 0 Å². The Morgan fingerprint density at radius 2 is 1.95 bits per heavy atom. The van der Waals surface area contributed by atoms with Gasteiger partial charge in [-0.15, -0.1) is 0 Å². The van der Waals surface area contributed by atoms with Crippen LogP contribution >= 0.6 is 0 Å². The van der Waals surface area contributed by atoms with Gasteiger partial charge in [-0.1, -0.05) is 6.92 Å². The van der Waals surface area contributed by atoms with Crippen LogP contribution in [0.5, 0.6) is 0 Å². The molecule has 0 bridgehead atoms. The molecule has 2 N–H and O–H groups in total. The lowest BCUT2D eigenvalue weighted by Crippen LogP contribution is -2.32. The predicted molar refractivity (Wildman–Crippen MR) is 81.8 cm³/mol. The van der Waals surface area contributed by atoms with Gasteiger partial charge in [0.1, 0.15) is 0 Å². The van der Waals surface area contributed by atoms with Gasteiger partial charge < -0.3 is 10.6 Å². The third-order valence-electron chi connectivity index (χ3n) is 3.13. The first kappa shape index (κ1) is 14.1. The van der Waals surface area contributed by atoms with Gasteiger partial charge in [0.2, 0.25) is 0 Å². The number of pyridine rings is 1. The first-order chi connectivity index (χ1) is 9.63. The van der Waals surface area contributed by atoms with Crippen molar-refractivity contribution in [3.05, 3.63) is 53.9 Å². The molecular formula is C16H19N3O. The van der Waals surface area contributed by atoms with Gasteiger partial charge >= 0.3 is 0 Å². The number of nitrogens with zero attached hydrogens (tertiary/aromatic N) is 2. The van der Waals surface area contributed by atoms with E-state index in [-0.39, 0.29) is 5.91 Å². The molecule has 1 amide bonds. The highest BCUT2D eigenvalue weighted by Gasteiger charge is 2.18. The van der Waals surface area contributed by atoms with Crippen LogP contribution in [0.15, 0.2) is 42.6 Å². The topological polar surface area (TPSA) is 59.2 Å². The minimum absolute atomic E-state index is 0.0257. The van der Waals surface area contributed by atoms with Crippen LogP contribution in [0.25, 0.3) is 0 Å². The normalized spacial score (nSPS) is 10.3. The molecule has 4 heteroatoms. The number of amides is 1. The Labute approximate surface area is 119 Å². The average Bonchev–Trinajstić information content (AvgIpc) is 2.46. The lowest BCUT2D eigenvalue weighted by atomic mass is 10.1. The van der Waals surface area contributed by atoms with Crippen LogP contribution in [0.3, 0.4) is 0 Å². The smallest absolute Gasteiger partial charge is 0.260 e. The standard InChI is InChI=1S/C16H19N3O/c1-3-11-19(14-8-6-13(17)7-9-14)16(20)15-5-4-10-18-12(15)2/h4-10H,3,11,17H2,1-2H3. The van der Waals surface area contributed by atoms with Crippen LogP contribution in [0.2, 0.25) is 0 Å². The molecule has 0 atom stereocenters. The molecule has 0 unspecified atom stereocenters. The maximum Gasteiger partial charge on any atom is 0.260 e. The fourth-order valence-electron chi connectivity index (χ4n) is 2.08. The second kappa shape index (κ2) is 6.19. The van der Waals surface area contributed by atoms with Gasteiger partial charge in [0.05, 0.1) is 5.56 Å². The first-order valence-corrected chi connectivity index (χ1v) is 6.72. The van der Waals surface area contributed by atoms with Crippen molar-refractivity contribution in [3.63, 3.8) is 0 Å². The average molecular weight is 269 g/mol. The van der Waals surface area contributed by atoms with E-state index in [1.165, 1.54) is 0 Å². The van der Waals surface area contributed by atoms with Crippen molar-refractivity contribution < 1.29 is 4.79 Å². The number of anilines is 2. The molecule has 2 rings (SSSR count). The van der Waals surface area contributed by atoms with Gasteiger partial charge in [-0.05, 0) is 49.7 Å². The molecule has 0 saturated heterocycles. The summed E-state index contributed by atoms with van der Waals surface area (Å²) in [6.45, 7) is 4.56. The van der Waals surface area contributed by atoms with Gasteiger partial charge in [-0.3, -0.25) is 9.78 Å². The zero-order valence-corrected chi connectivity index (χ0v) is 11.8. The van der Waals surface area contributed by atoms with Gasteiger partial charge in [0, 0.05) is 29.8 Å². The summed E-state index contributed by atoms with van der Waals surface area (Å²) in [6, 6.07) is 10.9. The van der Waals surface area contributed by atoms with E-state index < -0.39 is 0 Å². The molecule has 1 aromatic heterocycles. The summed E-state index contributed by atoms with van der Waals surface area (Å²) in [5.41, 5.74) is 8.63. The summed E-state index contributed by atoms with van der Waals surface area (Å²) in [4.78, 5) is 18.6. The number of carbonyl (C=O) groups is 1. The third-order valence-corrected chi connectivity index (χ3v) is 3.13. The van der Waals surface area contributed by atoms with E-state index in [2.05, 4.69) is 4.98 Å². The van der Waals surface area contributed by atoms with E-state index in [0.29, 0.717) is 17.8 Å². The number of carbonyl (C=O) groups excluding carboxylic acids is 1. The van der Waals surface area contributed by atoms with Crippen molar-refractivity contribution in [1.82, 2.24) is 4.98 Å². The summed E-state index contributed by atoms with van der Waals surface area (Å²) in [5.74, 6) is -0.0257. The van der Waals surface area contributed by atoms with E-state index >= 15 is 0 Å². The van der Waals surface area contributed by atoms with Crippen LogP contribution in [-0.2, 0) is 0 Å². The third kappa shape index (κ3) is 2.96. The SMILES string of the molecule is CCCN(C(=O)c1cccnc1C)c1ccc(N)cc1. The molecule has 20 heavy (non-hydrogen) atoms. The van der Waals surface area contributed by atoms with E-state index in [1.807, 2.05) is 32.0 Å². The summed E-state index contributed by atoms with van der Waals surface area (Å²) in [7, 11) is 0. The van der Waals surface area contributed by atoms with Crippen LogP contribution in [-0.4, -0.2) is 17.4 Å². The predicted octanol–water partition coefficient (Wildman–Crippen LogP) is 3.03. The summed E-state index contributed by atoms with van der Waals surface area (Å²) < 4.78 is 0. The molecule has 0 aliphatic carbocycles. The number of aryl methyl sites for hydroxylation is 1. The van der Waals surface area contributed by atoms with E-state index in [0.717, 1.165) is 17.8 Å². The number of hydrogen-bond donors (Lipinski definition) is 1. The minimum atomic E-state index is -0.0257. The maximum absolute atomic E-state index is 12.7. The van der Waals surface area contributed by atoms with Crippen molar-refractivity contribution in [2.45, 2.75) is 20.3 Å². The van der Waals surface area contributed by atoms with Gasteiger partial charge in [0.25, 0.3) is 5.91 Å². The number of benzene rings is 1. The molecule has 1 aromatic carbocycles. The number of aromatic nitrogens is 1. The first-order valence-electron chi connectivity index (χ1n) is 6.72. The largest absolute Gasteiger partial charge is 0.399 e. The second-order valence-electron chi connectivity index (χ2n) is 4.68. The number of hydrogen-bond acceptors (Lipinski definition) is 3. The molecule has 1 heterocycles. The zero-order valence-electron chi connectivity index (χ0n) is 11.8. The Bertz CT molecular complexity index is 593. The Balaban J connectivity index is 2.36. The summed E-state index contributed by atoms with van der Waals surface area (Å²) >= 11 is 0. The lowest BCUT2D eigenvalue weighted by Gasteiger charge is -2.23. The van der Waals surface area contributed by atoms with Crippen molar-refractivity contribution in [2.24, 2.45) is 0 Å². The second-order valence-corrected chi connectivity index (χ2v) is 4.68. The van der Waals surface area contributed by atoms with E-state index in [4.69, 9.17) is 5.73 Å². The lowest BCUT2D eigenvalue weighted by molar-refractivity contribution is 0.0986. The quantitative estimate of drug-likeness (QED) is 0.868. The molecule has 0 aliphatic rings. The molecule has 4 nitrogen and oxygen atoms in total. The summed E-state index contributed by atoms with van der Waals surface area (Å²) in [5, 5.41) is 0. The van der Waals surface area contributed by atoms with E-state index in [9.17, 15) is 4.79 Å². The van der Waals surface area contributed by atoms with Crippen LogP contribution < -0.4 is 10.6 Å². The Kier molecular flexibility index (Phi) is 4.35. The molecule has 0 fully saturated rings. The monoisotopic (exact) mass is 269 g/mol. The minimum Gasteiger partial charge on any atom is -0.399 e. The molecule has 0 aliphatic heterocycles. The zero-order chi connectivity index (χ0) is 14.5. The van der Waals surface area contributed by atoms with Crippen LogP contribution in [0.1, 0.15) is 29.4 Å². The summed E-state index contributed by atoms with van der Waals surface area (Å²) in [6.07, 6.45) is 2.58. The number of nitrogens with two attached hydrogens (primary N) is 1. The molecule has 0 spiro atoms. The van der Waals surface area contributed by atoms with Gasteiger partial charge in [0.15, 0.2) is 0 Å². The van der Waals surface area contributed by atoms with Crippen LogP contribution in [0.4, 0.5) is 11.4 Å².